The lowest BCUT2D eigenvalue weighted by molar-refractivity contribution is 0.0939. The quantitative estimate of drug-likeness (QED) is 0.302. The molecule has 1 atom stereocenters. The average molecular weight is 537 g/mol. The summed E-state index contributed by atoms with van der Waals surface area (Å²) in [4.78, 5) is 31.5. The fourth-order valence-corrected chi connectivity index (χ4v) is 5.18. The van der Waals surface area contributed by atoms with E-state index >= 15 is 0 Å². The van der Waals surface area contributed by atoms with Gasteiger partial charge in [-0.2, -0.15) is 0 Å². The number of aromatic nitrogens is 3. The number of carbonyl (C=O) groups is 1. The van der Waals surface area contributed by atoms with E-state index in [1.165, 1.54) is 6.92 Å². The number of thiophene rings is 1. The van der Waals surface area contributed by atoms with Crippen molar-refractivity contribution >= 4 is 70.9 Å². The molecule has 8 heteroatoms. The molecule has 0 N–H and O–H groups in total. The molecule has 0 radical (unpaired) electrons. The number of hydrogen-bond acceptors (Lipinski definition) is 4. The molecule has 3 aromatic heterocycles. The van der Waals surface area contributed by atoms with E-state index in [4.69, 9.17) is 4.98 Å². The highest BCUT2D eigenvalue weighted by atomic mass is 79.9. The summed E-state index contributed by atoms with van der Waals surface area (Å²) in [5.74, 6) is 0.858. The third-order valence-corrected chi connectivity index (χ3v) is 7.81. The number of nitrogens with zero attached hydrogens (tertiary/aromatic N) is 3. The van der Waals surface area contributed by atoms with Crippen LogP contribution in [0.2, 0.25) is 0 Å². The van der Waals surface area contributed by atoms with Crippen LogP contribution < -0.4 is 5.56 Å². The Kier molecular flexibility index (Phi) is 5.52. The molecule has 0 spiro atoms. The highest BCUT2D eigenvalue weighted by Gasteiger charge is 2.22. The summed E-state index contributed by atoms with van der Waals surface area (Å²) in [6.07, 6.45) is 0. The molecule has 3 heterocycles. The van der Waals surface area contributed by atoms with Crippen LogP contribution in [0.4, 0.5) is 0 Å². The van der Waals surface area contributed by atoms with Crippen molar-refractivity contribution in [2.45, 2.75) is 32.1 Å². The maximum absolute atomic E-state index is 13.5. The summed E-state index contributed by atoms with van der Waals surface area (Å²) in [5.41, 5.74) is 1.26. The number of carbonyl (C=O) groups excluding carboxylic acids is 1. The average Bonchev–Trinajstić information content (AvgIpc) is 3.28. The summed E-state index contributed by atoms with van der Waals surface area (Å²) in [6.45, 7) is 6.18. The van der Waals surface area contributed by atoms with Crippen molar-refractivity contribution in [1.82, 2.24) is 14.1 Å². The van der Waals surface area contributed by atoms with Gasteiger partial charge in [-0.25, -0.2) is 4.98 Å². The normalized spacial score (nSPS) is 12.9. The summed E-state index contributed by atoms with van der Waals surface area (Å²) < 4.78 is 4.01. The van der Waals surface area contributed by atoms with Crippen molar-refractivity contribution < 1.29 is 4.79 Å². The van der Waals surface area contributed by atoms with E-state index in [2.05, 4.69) is 45.7 Å². The van der Waals surface area contributed by atoms with Crippen molar-refractivity contribution in [2.24, 2.45) is 5.92 Å². The molecule has 5 nitrogen and oxygen atoms in total. The van der Waals surface area contributed by atoms with E-state index in [0.717, 1.165) is 15.8 Å². The molecule has 0 aliphatic rings. The van der Waals surface area contributed by atoms with Gasteiger partial charge in [0.25, 0.3) is 5.56 Å². The third kappa shape index (κ3) is 3.62. The summed E-state index contributed by atoms with van der Waals surface area (Å²) in [7, 11) is 0. The second-order valence-electron chi connectivity index (χ2n) is 7.34. The van der Waals surface area contributed by atoms with Crippen LogP contribution in [0.3, 0.4) is 0 Å². The molecule has 0 amide bonds. The zero-order valence-electron chi connectivity index (χ0n) is 16.1. The molecule has 150 valence electrons. The largest absolute Gasteiger partial charge is 0.290 e. The van der Waals surface area contributed by atoms with Gasteiger partial charge in [0.15, 0.2) is 0 Å². The van der Waals surface area contributed by atoms with Crippen molar-refractivity contribution in [3.63, 3.8) is 0 Å². The van der Waals surface area contributed by atoms with Gasteiger partial charge in [-0.1, -0.05) is 35.8 Å². The van der Waals surface area contributed by atoms with E-state index in [-0.39, 0.29) is 22.2 Å². The van der Waals surface area contributed by atoms with Crippen LogP contribution in [0.5, 0.6) is 0 Å². The third-order valence-electron chi connectivity index (χ3n) is 4.90. The minimum atomic E-state index is -0.0990. The van der Waals surface area contributed by atoms with Crippen molar-refractivity contribution in [3.05, 3.63) is 61.4 Å². The predicted molar refractivity (Wildman–Crippen MR) is 125 cm³/mol. The Morgan fingerprint density at radius 3 is 2.66 bits per heavy atom. The maximum atomic E-state index is 13.5. The van der Waals surface area contributed by atoms with Crippen LogP contribution in [-0.2, 0) is 6.54 Å². The Bertz CT molecular complexity index is 1290. The molecule has 0 fully saturated rings. The minimum Gasteiger partial charge on any atom is -0.290 e. The number of halogens is 2. The molecule has 1 aromatic carbocycles. The van der Waals surface area contributed by atoms with E-state index in [1.54, 1.807) is 20.5 Å². The topological polar surface area (TPSA) is 56.9 Å². The number of hydrogen-bond donors (Lipinski definition) is 0. The van der Waals surface area contributed by atoms with Crippen molar-refractivity contribution in [1.29, 1.82) is 0 Å². The first kappa shape index (κ1) is 20.5. The lowest BCUT2D eigenvalue weighted by Gasteiger charge is -2.19. The van der Waals surface area contributed by atoms with Gasteiger partial charge in [-0.3, -0.25) is 18.7 Å². The molecule has 4 aromatic rings. The maximum Gasteiger partial charge on any atom is 0.261 e. The molecule has 1 unspecified atom stereocenters. The Balaban J connectivity index is 2.04. The van der Waals surface area contributed by atoms with Gasteiger partial charge in [0, 0.05) is 17.2 Å². The van der Waals surface area contributed by atoms with Crippen LogP contribution >= 0.6 is 43.2 Å². The Morgan fingerprint density at radius 2 is 2.03 bits per heavy atom. The van der Waals surface area contributed by atoms with Crippen LogP contribution in [0.1, 0.15) is 41.1 Å². The fourth-order valence-electron chi connectivity index (χ4n) is 3.45. The summed E-state index contributed by atoms with van der Waals surface area (Å²) in [6, 6.07) is 9.53. The number of fused-ring (bicyclic) bond motifs is 2. The highest BCUT2D eigenvalue weighted by Crippen LogP contribution is 2.32. The minimum absolute atomic E-state index is 0.0680. The molecule has 29 heavy (non-hydrogen) atoms. The number of rotatable bonds is 4. The second kappa shape index (κ2) is 7.81. The van der Waals surface area contributed by atoms with E-state index in [9.17, 15) is 9.59 Å². The van der Waals surface area contributed by atoms with E-state index < -0.39 is 0 Å². The van der Waals surface area contributed by atoms with Gasteiger partial charge in [0.05, 0.1) is 32.4 Å². The molecule has 0 bridgehead atoms. The van der Waals surface area contributed by atoms with Crippen LogP contribution in [0, 0.1) is 5.92 Å². The first-order valence-corrected chi connectivity index (χ1v) is 11.8. The van der Waals surface area contributed by atoms with Gasteiger partial charge in [-0.15, -0.1) is 11.3 Å². The molecule has 4 rings (SSSR count). The molecule has 0 saturated heterocycles. The molecular weight excluding hydrogens is 518 g/mol. The molecular formula is C21H19Br2N3O2S. The van der Waals surface area contributed by atoms with Gasteiger partial charge < -0.3 is 0 Å². The SMILES string of the molecule is CC(=O)n1c(Br)cc2cc3c(=O)n(Cc4cccs4)c(C(Br)C(C)C)nc3cc21. The molecule has 0 saturated carbocycles. The van der Waals surface area contributed by atoms with Crippen molar-refractivity contribution in [3.8, 4) is 0 Å². The van der Waals surface area contributed by atoms with Gasteiger partial charge in [-0.05, 0) is 51.5 Å². The van der Waals surface area contributed by atoms with E-state index in [1.807, 2.05) is 35.7 Å². The van der Waals surface area contributed by atoms with Crippen molar-refractivity contribution in [2.75, 3.05) is 0 Å². The lowest BCUT2D eigenvalue weighted by atomic mass is 10.1. The first-order valence-electron chi connectivity index (χ1n) is 9.20. The van der Waals surface area contributed by atoms with Crippen LogP contribution in [0.25, 0.3) is 21.8 Å². The zero-order chi connectivity index (χ0) is 20.9. The predicted octanol–water partition coefficient (Wildman–Crippen LogP) is 5.98. The standard InChI is InChI=1S/C21H19Br2N3O2S/c1-11(2)19(23)20-24-16-9-17-13(8-18(22)26(17)12(3)27)7-15(16)21(28)25(20)10-14-5-4-6-29-14/h4-9,11,19H,10H2,1-3H3. The molecule has 0 aliphatic carbocycles. The summed E-state index contributed by atoms with van der Waals surface area (Å²) in [5, 5.41) is 3.39. The van der Waals surface area contributed by atoms with Crippen LogP contribution in [-0.4, -0.2) is 20.0 Å². The first-order chi connectivity index (χ1) is 13.8. The van der Waals surface area contributed by atoms with Gasteiger partial charge in [0.1, 0.15) is 5.82 Å². The highest BCUT2D eigenvalue weighted by molar-refractivity contribution is 9.10. The summed E-state index contributed by atoms with van der Waals surface area (Å²) >= 11 is 8.80. The lowest BCUT2D eigenvalue weighted by Crippen LogP contribution is -2.27. The van der Waals surface area contributed by atoms with Gasteiger partial charge >= 0.3 is 0 Å². The Labute approximate surface area is 188 Å². The Hall–Kier alpha value is -1.77. The number of benzene rings is 1. The number of alkyl halides is 1. The monoisotopic (exact) mass is 535 g/mol. The smallest absolute Gasteiger partial charge is 0.261 e. The Morgan fingerprint density at radius 1 is 1.28 bits per heavy atom. The van der Waals surface area contributed by atoms with Crippen LogP contribution in [0.15, 0.2) is 45.1 Å². The van der Waals surface area contributed by atoms with E-state index in [0.29, 0.717) is 27.9 Å². The van der Waals surface area contributed by atoms with Gasteiger partial charge in [0.2, 0.25) is 5.91 Å². The molecule has 0 aliphatic heterocycles. The fraction of sp³-hybridized carbons (Fsp3) is 0.286. The second-order valence-corrected chi connectivity index (χ2v) is 10.2. The zero-order valence-corrected chi connectivity index (χ0v) is 20.1.